The smallest absolute Gasteiger partial charge is 0.303 e. The molecule has 0 aliphatic carbocycles. The van der Waals surface area contributed by atoms with Gasteiger partial charge in [0.1, 0.15) is 0 Å². The van der Waals surface area contributed by atoms with E-state index in [0.717, 1.165) is 11.3 Å². The zero-order valence-corrected chi connectivity index (χ0v) is 11.6. The van der Waals surface area contributed by atoms with Crippen molar-refractivity contribution in [1.82, 2.24) is 15.1 Å². The van der Waals surface area contributed by atoms with Crippen LogP contribution in [0.3, 0.4) is 0 Å². The summed E-state index contributed by atoms with van der Waals surface area (Å²) in [6, 6.07) is -0.0827. The molecule has 0 bridgehead atoms. The predicted molar refractivity (Wildman–Crippen MR) is 70.6 cm³/mol. The number of unbranched alkanes of at least 4 members (excludes halogenated alkanes) is 1. The van der Waals surface area contributed by atoms with Crippen LogP contribution < -0.4 is 5.32 Å². The molecule has 1 unspecified atom stereocenters. The maximum Gasteiger partial charge on any atom is 0.303 e. The summed E-state index contributed by atoms with van der Waals surface area (Å²) in [5, 5.41) is 15.5. The molecule has 19 heavy (non-hydrogen) atoms. The number of nitrogens with one attached hydrogen (secondary N) is 1. The van der Waals surface area contributed by atoms with Gasteiger partial charge in [-0.05, 0) is 26.7 Å². The molecular weight excluding hydrogens is 246 g/mol. The van der Waals surface area contributed by atoms with Gasteiger partial charge in [0.05, 0.1) is 12.2 Å². The number of carboxylic acids is 1. The first-order valence-electron chi connectivity index (χ1n) is 6.41. The van der Waals surface area contributed by atoms with Crippen LogP contribution >= 0.6 is 0 Å². The molecule has 6 heteroatoms. The van der Waals surface area contributed by atoms with E-state index in [1.54, 1.807) is 10.9 Å². The number of hydrogen-bond acceptors (Lipinski definition) is 3. The third-order valence-electron chi connectivity index (χ3n) is 3.16. The highest BCUT2D eigenvalue weighted by Crippen LogP contribution is 2.16. The van der Waals surface area contributed by atoms with E-state index in [9.17, 15) is 9.59 Å². The van der Waals surface area contributed by atoms with E-state index in [2.05, 4.69) is 10.4 Å². The summed E-state index contributed by atoms with van der Waals surface area (Å²) in [5.41, 5.74) is 2.03. The zero-order chi connectivity index (χ0) is 14.4. The van der Waals surface area contributed by atoms with Crippen molar-refractivity contribution in [2.75, 3.05) is 0 Å². The second-order valence-electron chi connectivity index (χ2n) is 4.70. The lowest BCUT2D eigenvalue weighted by Crippen LogP contribution is -2.26. The average molecular weight is 267 g/mol. The number of aliphatic carboxylic acids is 1. The number of amides is 1. The van der Waals surface area contributed by atoms with Gasteiger partial charge in [0.25, 0.3) is 0 Å². The fraction of sp³-hybridized carbons (Fsp3) is 0.615. The van der Waals surface area contributed by atoms with Crippen LogP contribution in [-0.4, -0.2) is 26.8 Å². The van der Waals surface area contributed by atoms with Crippen molar-refractivity contribution in [1.29, 1.82) is 0 Å². The van der Waals surface area contributed by atoms with Gasteiger partial charge in [-0.3, -0.25) is 14.3 Å². The minimum absolute atomic E-state index is 0.0545. The Balaban J connectivity index is 2.36. The largest absolute Gasteiger partial charge is 0.481 e. The number of carboxylic acid groups (broad SMARTS) is 1. The van der Waals surface area contributed by atoms with Crippen LogP contribution in [-0.2, 0) is 16.6 Å². The molecule has 1 aromatic rings. The van der Waals surface area contributed by atoms with Gasteiger partial charge in [0.2, 0.25) is 5.91 Å². The van der Waals surface area contributed by atoms with Crippen molar-refractivity contribution < 1.29 is 14.7 Å². The molecule has 1 rings (SSSR count). The molecule has 2 N–H and O–H groups in total. The number of carbonyl (C=O) groups excluding carboxylic acids is 1. The second-order valence-corrected chi connectivity index (χ2v) is 4.70. The highest BCUT2D eigenvalue weighted by molar-refractivity contribution is 5.76. The predicted octanol–water partition coefficient (Wildman–Crippen LogP) is 1.55. The fourth-order valence-electron chi connectivity index (χ4n) is 1.89. The van der Waals surface area contributed by atoms with E-state index >= 15 is 0 Å². The van der Waals surface area contributed by atoms with Gasteiger partial charge >= 0.3 is 5.97 Å². The van der Waals surface area contributed by atoms with Gasteiger partial charge in [0, 0.05) is 31.1 Å². The van der Waals surface area contributed by atoms with Gasteiger partial charge in [0.15, 0.2) is 0 Å². The van der Waals surface area contributed by atoms with Crippen LogP contribution in [0.25, 0.3) is 0 Å². The van der Waals surface area contributed by atoms with Crippen molar-refractivity contribution >= 4 is 11.9 Å². The van der Waals surface area contributed by atoms with Crippen molar-refractivity contribution in [2.24, 2.45) is 7.05 Å². The SMILES string of the molecule is Cc1c(C(C)NC(=O)CCCCC(=O)O)cnn1C. The number of aromatic nitrogens is 2. The summed E-state index contributed by atoms with van der Waals surface area (Å²) in [5.74, 6) is -0.874. The Morgan fingerprint density at radius 1 is 1.42 bits per heavy atom. The number of carbonyl (C=O) groups is 2. The Labute approximate surface area is 112 Å². The van der Waals surface area contributed by atoms with Gasteiger partial charge in [-0.25, -0.2) is 0 Å². The van der Waals surface area contributed by atoms with Gasteiger partial charge in [-0.15, -0.1) is 0 Å². The summed E-state index contributed by atoms with van der Waals surface area (Å²) in [7, 11) is 1.86. The van der Waals surface area contributed by atoms with E-state index < -0.39 is 5.97 Å². The van der Waals surface area contributed by atoms with Crippen LogP contribution in [0.1, 0.15) is 49.9 Å². The molecule has 0 aliphatic heterocycles. The Bertz CT molecular complexity index is 454. The van der Waals surface area contributed by atoms with Crippen molar-refractivity contribution in [2.45, 2.75) is 45.6 Å². The molecule has 6 nitrogen and oxygen atoms in total. The fourth-order valence-corrected chi connectivity index (χ4v) is 1.89. The van der Waals surface area contributed by atoms with E-state index in [1.807, 2.05) is 20.9 Å². The van der Waals surface area contributed by atoms with Crippen molar-refractivity contribution in [3.8, 4) is 0 Å². The quantitative estimate of drug-likeness (QED) is 0.734. The first-order chi connectivity index (χ1) is 8.91. The number of hydrogen-bond donors (Lipinski definition) is 2. The summed E-state index contributed by atoms with van der Waals surface area (Å²) < 4.78 is 1.77. The molecule has 0 saturated carbocycles. The molecule has 0 radical (unpaired) electrons. The number of aryl methyl sites for hydroxylation is 1. The Hall–Kier alpha value is -1.85. The third-order valence-corrected chi connectivity index (χ3v) is 3.16. The third kappa shape index (κ3) is 4.73. The Morgan fingerprint density at radius 3 is 2.58 bits per heavy atom. The highest BCUT2D eigenvalue weighted by Gasteiger charge is 2.14. The minimum atomic E-state index is -0.820. The summed E-state index contributed by atoms with van der Waals surface area (Å²) in [4.78, 5) is 22.0. The number of nitrogens with zero attached hydrogens (tertiary/aromatic N) is 2. The molecule has 1 heterocycles. The normalized spacial score (nSPS) is 12.2. The lowest BCUT2D eigenvalue weighted by molar-refractivity contribution is -0.137. The first kappa shape index (κ1) is 15.2. The molecule has 106 valence electrons. The van der Waals surface area contributed by atoms with E-state index in [0.29, 0.717) is 19.3 Å². The molecule has 0 aliphatic rings. The number of rotatable bonds is 7. The molecule has 0 aromatic carbocycles. The summed E-state index contributed by atoms with van der Waals surface area (Å²) >= 11 is 0. The lowest BCUT2D eigenvalue weighted by Gasteiger charge is -2.13. The molecular formula is C13H21N3O3. The van der Waals surface area contributed by atoms with Crippen molar-refractivity contribution in [3.63, 3.8) is 0 Å². The standard InChI is InChI=1S/C13H21N3O3/c1-9(11-8-14-16(3)10(11)2)15-12(17)6-4-5-7-13(18)19/h8-9H,4-7H2,1-3H3,(H,15,17)(H,18,19). The van der Waals surface area contributed by atoms with Crippen LogP contribution in [0, 0.1) is 6.92 Å². The van der Waals surface area contributed by atoms with E-state index in [4.69, 9.17) is 5.11 Å². The van der Waals surface area contributed by atoms with Crippen molar-refractivity contribution in [3.05, 3.63) is 17.5 Å². The minimum Gasteiger partial charge on any atom is -0.481 e. The molecule has 0 fully saturated rings. The maximum atomic E-state index is 11.7. The molecule has 0 spiro atoms. The Morgan fingerprint density at radius 2 is 2.05 bits per heavy atom. The van der Waals surface area contributed by atoms with Gasteiger partial charge in [-0.2, -0.15) is 5.10 Å². The average Bonchev–Trinajstić information content (AvgIpc) is 2.65. The first-order valence-corrected chi connectivity index (χ1v) is 6.41. The highest BCUT2D eigenvalue weighted by atomic mass is 16.4. The Kier molecular flexibility index (Phi) is 5.54. The van der Waals surface area contributed by atoms with Gasteiger partial charge in [-0.1, -0.05) is 0 Å². The lowest BCUT2D eigenvalue weighted by atomic mass is 10.1. The zero-order valence-electron chi connectivity index (χ0n) is 11.6. The van der Waals surface area contributed by atoms with Crippen LogP contribution in [0.2, 0.25) is 0 Å². The molecule has 1 amide bonds. The monoisotopic (exact) mass is 267 g/mol. The summed E-state index contributed by atoms with van der Waals surface area (Å²) in [6.07, 6.45) is 3.35. The topological polar surface area (TPSA) is 84.2 Å². The summed E-state index contributed by atoms with van der Waals surface area (Å²) in [6.45, 7) is 3.87. The second kappa shape index (κ2) is 6.92. The maximum absolute atomic E-state index is 11.7. The molecule has 1 aromatic heterocycles. The molecule has 1 atom stereocenters. The van der Waals surface area contributed by atoms with Crippen LogP contribution in [0.15, 0.2) is 6.20 Å². The van der Waals surface area contributed by atoms with Crippen LogP contribution in [0.5, 0.6) is 0 Å². The molecule has 0 saturated heterocycles. The van der Waals surface area contributed by atoms with Gasteiger partial charge < -0.3 is 10.4 Å². The van der Waals surface area contributed by atoms with E-state index in [-0.39, 0.29) is 18.4 Å². The van der Waals surface area contributed by atoms with E-state index in [1.165, 1.54) is 0 Å². The van der Waals surface area contributed by atoms with Crippen LogP contribution in [0.4, 0.5) is 0 Å².